The summed E-state index contributed by atoms with van der Waals surface area (Å²) in [5, 5.41) is 3.33. The molecule has 0 unspecified atom stereocenters. The molecule has 1 saturated carbocycles. The van der Waals surface area contributed by atoms with Gasteiger partial charge in [-0.2, -0.15) is 0 Å². The Morgan fingerprint density at radius 3 is 2.67 bits per heavy atom. The predicted molar refractivity (Wildman–Crippen MR) is 121 cm³/mol. The Kier molecular flexibility index (Phi) is 5.92. The Balaban J connectivity index is 1.53. The van der Waals surface area contributed by atoms with Crippen molar-refractivity contribution in [2.75, 3.05) is 0 Å². The fourth-order valence-electron chi connectivity index (χ4n) is 5.45. The first-order chi connectivity index (χ1) is 16.0. The summed E-state index contributed by atoms with van der Waals surface area (Å²) in [6, 6.07) is 9.87. The van der Waals surface area contributed by atoms with Gasteiger partial charge in [-0.25, -0.2) is 9.18 Å². The maximum Gasteiger partial charge on any atom is 0.337 e. The number of carbonyl (C=O) groups excluding carboxylic acids is 2. The normalized spacial score (nSPS) is 23.9. The summed E-state index contributed by atoms with van der Waals surface area (Å²) in [6.07, 6.45) is 7.32. The van der Waals surface area contributed by atoms with Crippen LogP contribution in [0, 0.1) is 5.82 Å². The second-order valence-corrected chi connectivity index (χ2v) is 9.25. The quantitative estimate of drug-likeness (QED) is 0.611. The van der Waals surface area contributed by atoms with E-state index >= 15 is 0 Å². The van der Waals surface area contributed by atoms with Crippen molar-refractivity contribution in [2.24, 2.45) is 0 Å². The van der Waals surface area contributed by atoms with Crippen molar-refractivity contribution in [1.29, 1.82) is 0 Å². The van der Waals surface area contributed by atoms with Crippen molar-refractivity contribution in [2.45, 2.75) is 69.8 Å². The zero-order valence-electron chi connectivity index (χ0n) is 18.7. The fraction of sp³-hybridized carbons (Fsp3) is 0.407. The lowest BCUT2D eigenvalue weighted by molar-refractivity contribution is -0.146. The average molecular weight is 450 g/mol. The smallest absolute Gasteiger partial charge is 0.337 e. The van der Waals surface area contributed by atoms with E-state index < -0.39 is 17.7 Å². The van der Waals surface area contributed by atoms with Gasteiger partial charge in [0.25, 0.3) is 0 Å². The molecule has 5 nitrogen and oxygen atoms in total. The van der Waals surface area contributed by atoms with Gasteiger partial charge >= 0.3 is 5.97 Å². The maximum atomic E-state index is 14.2. The first-order valence-electron chi connectivity index (χ1n) is 11.7. The zero-order chi connectivity index (χ0) is 22.9. The molecule has 0 saturated heterocycles. The van der Waals surface area contributed by atoms with Gasteiger partial charge in [-0.05, 0) is 68.9 Å². The molecule has 1 fully saturated rings. The molecule has 0 spiro atoms. The molecule has 2 aromatic rings. The summed E-state index contributed by atoms with van der Waals surface area (Å²) in [7, 11) is 0. The first-order valence-corrected chi connectivity index (χ1v) is 11.7. The van der Waals surface area contributed by atoms with Crippen molar-refractivity contribution in [1.82, 2.24) is 5.32 Å². The number of benzene rings is 1. The van der Waals surface area contributed by atoms with Crippen molar-refractivity contribution in [3.63, 3.8) is 0 Å². The number of rotatable bonds is 4. The first kappa shape index (κ1) is 21.7. The molecule has 2 atom stereocenters. The molecule has 33 heavy (non-hydrogen) atoms. The summed E-state index contributed by atoms with van der Waals surface area (Å²) in [4.78, 5) is 26.9. The lowest BCUT2D eigenvalue weighted by Gasteiger charge is -2.36. The van der Waals surface area contributed by atoms with Crippen LogP contribution in [0.5, 0.6) is 0 Å². The maximum absolute atomic E-state index is 14.2. The number of furan rings is 1. The molecule has 0 bridgehead atoms. The van der Waals surface area contributed by atoms with Crippen LogP contribution >= 0.6 is 0 Å². The summed E-state index contributed by atoms with van der Waals surface area (Å²) < 4.78 is 25.7. The van der Waals surface area contributed by atoms with E-state index in [4.69, 9.17) is 9.15 Å². The van der Waals surface area contributed by atoms with E-state index in [1.807, 2.05) is 19.1 Å². The van der Waals surface area contributed by atoms with Crippen molar-refractivity contribution in [3.05, 3.63) is 82.3 Å². The lowest BCUT2D eigenvalue weighted by atomic mass is 9.72. The SMILES string of the molecule is CC1=C(C(=O)OC2CCCCC2)[C@@H](c2cccc(F)c2)C2=C(C[C@H](c3ccco3)CC2=O)N1. The number of allylic oxidation sites excluding steroid dienone is 3. The average Bonchev–Trinajstić information content (AvgIpc) is 3.33. The number of nitrogens with one attached hydrogen (secondary N) is 1. The van der Waals surface area contributed by atoms with Gasteiger partial charge in [-0.1, -0.05) is 18.6 Å². The van der Waals surface area contributed by atoms with Gasteiger partial charge in [0.05, 0.1) is 11.8 Å². The van der Waals surface area contributed by atoms with E-state index in [1.54, 1.807) is 18.4 Å². The summed E-state index contributed by atoms with van der Waals surface area (Å²) >= 11 is 0. The number of hydrogen-bond acceptors (Lipinski definition) is 5. The lowest BCUT2D eigenvalue weighted by Crippen LogP contribution is -2.37. The third-order valence-corrected chi connectivity index (χ3v) is 7.00. The molecule has 172 valence electrons. The molecule has 1 aromatic heterocycles. The minimum Gasteiger partial charge on any atom is -0.469 e. The predicted octanol–water partition coefficient (Wildman–Crippen LogP) is 5.66. The topological polar surface area (TPSA) is 68.5 Å². The highest BCUT2D eigenvalue weighted by molar-refractivity contribution is 6.04. The van der Waals surface area contributed by atoms with Crippen LogP contribution in [0.15, 0.2) is 69.6 Å². The number of Topliss-reactive ketones (excluding diaryl/α,β-unsaturated/α-hetero) is 1. The van der Waals surface area contributed by atoms with Gasteiger partial charge in [0.15, 0.2) is 5.78 Å². The number of halogens is 1. The number of esters is 1. The molecule has 2 aliphatic carbocycles. The van der Waals surface area contributed by atoms with Crippen LogP contribution < -0.4 is 5.32 Å². The molecule has 0 amide bonds. The largest absolute Gasteiger partial charge is 0.469 e. The van der Waals surface area contributed by atoms with Crippen molar-refractivity contribution in [3.8, 4) is 0 Å². The van der Waals surface area contributed by atoms with Crippen LogP contribution in [-0.4, -0.2) is 17.9 Å². The van der Waals surface area contributed by atoms with Crippen LogP contribution in [-0.2, 0) is 14.3 Å². The second kappa shape index (κ2) is 9.00. The van der Waals surface area contributed by atoms with Crippen LogP contribution in [0.3, 0.4) is 0 Å². The molecule has 1 aromatic carbocycles. The van der Waals surface area contributed by atoms with Crippen LogP contribution in [0.25, 0.3) is 0 Å². The highest BCUT2D eigenvalue weighted by atomic mass is 19.1. The molecule has 5 rings (SSSR count). The van der Waals surface area contributed by atoms with E-state index in [0.29, 0.717) is 28.8 Å². The third kappa shape index (κ3) is 4.26. The van der Waals surface area contributed by atoms with Crippen molar-refractivity contribution >= 4 is 11.8 Å². The van der Waals surface area contributed by atoms with Crippen LogP contribution in [0.1, 0.15) is 75.0 Å². The third-order valence-electron chi connectivity index (χ3n) is 7.00. The van der Waals surface area contributed by atoms with E-state index in [1.165, 1.54) is 12.1 Å². The summed E-state index contributed by atoms with van der Waals surface area (Å²) in [6.45, 7) is 1.83. The Labute approximate surface area is 192 Å². The van der Waals surface area contributed by atoms with Crippen LogP contribution in [0.2, 0.25) is 0 Å². The van der Waals surface area contributed by atoms with Gasteiger partial charge < -0.3 is 14.5 Å². The Bertz CT molecular complexity index is 1120. The van der Waals surface area contributed by atoms with Gasteiger partial charge in [-0.15, -0.1) is 0 Å². The molecule has 2 heterocycles. The Hall–Kier alpha value is -3.15. The molecule has 1 aliphatic heterocycles. The van der Waals surface area contributed by atoms with E-state index in [-0.39, 0.29) is 24.2 Å². The number of dihydropyridines is 1. The molecule has 1 N–H and O–H groups in total. The van der Waals surface area contributed by atoms with Gasteiger partial charge in [0.2, 0.25) is 0 Å². The molecular formula is C27H28FNO4. The zero-order valence-corrected chi connectivity index (χ0v) is 18.7. The molecule has 0 radical (unpaired) electrons. The van der Waals surface area contributed by atoms with E-state index in [9.17, 15) is 14.0 Å². The number of hydrogen-bond donors (Lipinski definition) is 1. The fourth-order valence-corrected chi connectivity index (χ4v) is 5.45. The van der Waals surface area contributed by atoms with Crippen LogP contribution in [0.4, 0.5) is 4.39 Å². The Morgan fingerprint density at radius 2 is 1.94 bits per heavy atom. The molecule has 6 heteroatoms. The van der Waals surface area contributed by atoms with E-state index in [0.717, 1.165) is 43.6 Å². The highest BCUT2D eigenvalue weighted by Gasteiger charge is 2.42. The minimum atomic E-state index is -0.655. The monoisotopic (exact) mass is 449 g/mol. The summed E-state index contributed by atoms with van der Waals surface area (Å²) in [5.74, 6) is -0.845. The molecular weight excluding hydrogens is 421 g/mol. The standard InChI is InChI=1S/C27H28FNO4/c1-16-24(27(31)33-20-9-3-2-4-10-20)25(17-7-5-8-19(28)13-17)26-21(29-16)14-18(15-22(26)30)23-11-6-12-32-23/h5-8,11-13,18,20,25,29H,2-4,9-10,14-15H2,1H3/t18-,25+/m0/s1. The van der Waals surface area contributed by atoms with Gasteiger partial charge in [-0.3, -0.25) is 4.79 Å². The van der Waals surface area contributed by atoms with Crippen molar-refractivity contribution < 1.29 is 23.1 Å². The summed E-state index contributed by atoms with van der Waals surface area (Å²) in [5.41, 5.74) is 2.94. The van der Waals surface area contributed by atoms with Gasteiger partial charge in [0.1, 0.15) is 17.7 Å². The van der Waals surface area contributed by atoms with E-state index in [2.05, 4.69) is 5.32 Å². The number of ether oxygens (including phenoxy) is 1. The second-order valence-electron chi connectivity index (χ2n) is 9.25. The Morgan fingerprint density at radius 1 is 1.12 bits per heavy atom. The molecule has 3 aliphatic rings. The highest BCUT2D eigenvalue weighted by Crippen LogP contribution is 2.46. The number of carbonyl (C=O) groups is 2. The van der Waals surface area contributed by atoms with Gasteiger partial charge in [0, 0.05) is 35.2 Å². The minimum absolute atomic E-state index is 0.0603. The number of ketones is 1.